The van der Waals surface area contributed by atoms with Crippen molar-refractivity contribution in [3.8, 4) is 5.75 Å². The van der Waals surface area contributed by atoms with Crippen molar-refractivity contribution in [2.75, 3.05) is 13.7 Å². The quantitative estimate of drug-likeness (QED) is 0.643. The SMILES string of the molecule is COc1ccc(S(=O)(=O)NCC(=O)NNC(=O)c2ccc(C)cc2)cc1. The van der Waals surface area contributed by atoms with Crippen LogP contribution in [0.25, 0.3) is 0 Å². The van der Waals surface area contributed by atoms with E-state index in [-0.39, 0.29) is 4.90 Å². The van der Waals surface area contributed by atoms with Crippen LogP contribution in [0, 0.1) is 6.92 Å². The lowest BCUT2D eigenvalue weighted by Gasteiger charge is -2.09. The van der Waals surface area contributed by atoms with Crippen LogP contribution in [0.4, 0.5) is 0 Å². The van der Waals surface area contributed by atoms with Crippen molar-refractivity contribution >= 4 is 21.8 Å². The van der Waals surface area contributed by atoms with Gasteiger partial charge in [-0.1, -0.05) is 17.7 Å². The molecule has 0 saturated carbocycles. The van der Waals surface area contributed by atoms with Gasteiger partial charge in [0.05, 0.1) is 18.6 Å². The summed E-state index contributed by atoms with van der Waals surface area (Å²) in [4.78, 5) is 23.6. The van der Waals surface area contributed by atoms with Gasteiger partial charge in [-0.05, 0) is 43.3 Å². The number of aryl methyl sites for hydroxylation is 1. The van der Waals surface area contributed by atoms with Gasteiger partial charge in [-0.15, -0.1) is 0 Å². The molecule has 0 atom stereocenters. The average molecular weight is 377 g/mol. The molecule has 0 unspecified atom stereocenters. The Bertz CT molecular complexity index is 878. The number of hydrogen-bond donors (Lipinski definition) is 3. The summed E-state index contributed by atoms with van der Waals surface area (Å²) in [6.45, 7) is 1.36. The molecule has 0 radical (unpaired) electrons. The van der Waals surface area contributed by atoms with E-state index in [1.807, 2.05) is 6.92 Å². The van der Waals surface area contributed by atoms with Crippen molar-refractivity contribution in [2.45, 2.75) is 11.8 Å². The number of hydrazine groups is 1. The minimum Gasteiger partial charge on any atom is -0.497 e. The van der Waals surface area contributed by atoms with E-state index in [1.165, 1.54) is 31.4 Å². The van der Waals surface area contributed by atoms with Crippen LogP contribution < -0.4 is 20.3 Å². The Morgan fingerprint density at radius 1 is 0.962 bits per heavy atom. The highest BCUT2D eigenvalue weighted by Crippen LogP contribution is 2.14. The molecule has 26 heavy (non-hydrogen) atoms. The van der Waals surface area contributed by atoms with Crippen molar-refractivity contribution in [2.24, 2.45) is 0 Å². The van der Waals surface area contributed by atoms with Crippen molar-refractivity contribution in [3.63, 3.8) is 0 Å². The number of carbonyl (C=O) groups excluding carboxylic acids is 2. The molecule has 8 nitrogen and oxygen atoms in total. The molecule has 0 aliphatic carbocycles. The second-order valence-corrected chi connectivity index (χ2v) is 7.14. The minimum absolute atomic E-state index is 0.00482. The Kier molecular flexibility index (Phi) is 6.31. The first-order valence-corrected chi connectivity index (χ1v) is 9.10. The molecule has 0 aliphatic heterocycles. The molecular formula is C17H19N3O5S. The van der Waals surface area contributed by atoms with Gasteiger partial charge < -0.3 is 4.74 Å². The van der Waals surface area contributed by atoms with Crippen LogP contribution in [0.15, 0.2) is 53.4 Å². The predicted molar refractivity (Wildman–Crippen MR) is 95.0 cm³/mol. The summed E-state index contributed by atoms with van der Waals surface area (Å²) in [5, 5.41) is 0. The Labute approximate surface area is 151 Å². The lowest BCUT2D eigenvalue weighted by molar-refractivity contribution is -0.120. The molecular weight excluding hydrogens is 358 g/mol. The van der Waals surface area contributed by atoms with E-state index in [2.05, 4.69) is 15.6 Å². The number of nitrogens with one attached hydrogen (secondary N) is 3. The highest BCUT2D eigenvalue weighted by molar-refractivity contribution is 7.89. The maximum Gasteiger partial charge on any atom is 0.269 e. The lowest BCUT2D eigenvalue weighted by atomic mass is 10.1. The topological polar surface area (TPSA) is 114 Å². The van der Waals surface area contributed by atoms with E-state index in [9.17, 15) is 18.0 Å². The zero-order valence-corrected chi connectivity index (χ0v) is 15.1. The predicted octanol–water partition coefficient (Wildman–Crippen LogP) is 0.743. The lowest BCUT2D eigenvalue weighted by Crippen LogP contribution is -2.46. The molecule has 9 heteroatoms. The fourth-order valence-electron chi connectivity index (χ4n) is 1.95. The first kappa shape index (κ1) is 19.4. The zero-order valence-electron chi connectivity index (χ0n) is 14.3. The van der Waals surface area contributed by atoms with Gasteiger partial charge in [0.15, 0.2) is 0 Å². The Hall–Kier alpha value is -2.91. The number of benzene rings is 2. The van der Waals surface area contributed by atoms with Gasteiger partial charge in [0.25, 0.3) is 11.8 Å². The van der Waals surface area contributed by atoms with Gasteiger partial charge in [-0.2, -0.15) is 0 Å². The summed E-state index contributed by atoms with van der Waals surface area (Å²) in [6, 6.07) is 12.5. The van der Waals surface area contributed by atoms with Gasteiger partial charge in [0.2, 0.25) is 10.0 Å². The third-order valence-electron chi connectivity index (χ3n) is 3.42. The van der Waals surface area contributed by atoms with Crippen LogP contribution in [0.5, 0.6) is 5.75 Å². The van der Waals surface area contributed by atoms with Gasteiger partial charge in [0.1, 0.15) is 5.75 Å². The maximum absolute atomic E-state index is 12.1. The first-order chi connectivity index (χ1) is 12.3. The van der Waals surface area contributed by atoms with E-state index in [1.54, 1.807) is 24.3 Å². The molecule has 0 aromatic heterocycles. The number of ether oxygens (including phenoxy) is 1. The molecule has 2 amide bonds. The molecule has 138 valence electrons. The molecule has 0 bridgehead atoms. The van der Waals surface area contributed by atoms with Gasteiger partial charge in [-0.25, -0.2) is 13.1 Å². The second-order valence-electron chi connectivity index (χ2n) is 5.37. The van der Waals surface area contributed by atoms with Crippen LogP contribution in [0.2, 0.25) is 0 Å². The standard InChI is InChI=1S/C17H19N3O5S/c1-12-3-5-13(6-4-12)17(22)20-19-16(21)11-18-26(23,24)15-9-7-14(25-2)8-10-15/h3-10,18H,11H2,1-2H3,(H,19,21)(H,20,22). The summed E-state index contributed by atoms with van der Waals surface area (Å²) in [5.41, 5.74) is 5.74. The van der Waals surface area contributed by atoms with Crippen molar-refractivity contribution < 1.29 is 22.7 Å². The molecule has 0 fully saturated rings. The number of hydrogen-bond acceptors (Lipinski definition) is 5. The molecule has 2 rings (SSSR count). The molecule has 3 N–H and O–H groups in total. The highest BCUT2D eigenvalue weighted by atomic mass is 32.2. The summed E-state index contributed by atoms with van der Waals surface area (Å²) >= 11 is 0. The Morgan fingerprint density at radius 2 is 1.58 bits per heavy atom. The van der Waals surface area contributed by atoms with E-state index < -0.39 is 28.4 Å². The molecule has 0 spiro atoms. The number of methoxy groups -OCH3 is 1. The van der Waals surface area contributed by atoms with Crippen molar-refractivity contribution in [1.82, 2.24) is 15.6 Å². The zero-order chi connectivity index (χ0) is 19.2. The number of sulfonamides is 1. The minimum atomic E-state index is -3.85. The molecule has 0 aliphatic rings. The highest BCUT2D eigenvalue weighted by Gasteiger charge is 2.16. The molecule has 2 aromatic rings. The summed E-state index contributed by atoms with van der Waals surface area (Å²) in [5.74, 6) is -0.695. The summed E-state index contributed by atoms with van der Waals surface area (Å²) < 4.78 is 31.3. The molecule has 0 saturated heterocycles. The number of carbonyl (C=O) groups is 2. The molecule has 2 aromatic carbocycles. The average Bonchev–Trinajstić information content (AvgIpc) is 2.65. The number of amides is 2. The smallest absolute Gasteiger partial charge is 0.269 e. The van der Waals surface area contributed by atoms with E-state index in [4.69, 9.17) is 4.74 Å². The fraction of sp³-hybridized carbons (Fsp3) is 0.176. The van der Waals surface area contributed by atoms with Gasteiger partial charge in [-0.3, -0.25) is 20.4 Å². The van der Waals surface area contributed by atoms with E-state index >= 15 is 0 Å². The monoisotopic (exact) mass is 377 g/mol. The third kappa shape index (κ3) is 5.30. The van der Waals surface area contributed by atoms with E-state index in [0.717, 1.165) is 5.56 Å². The summed E-state index contributed by atoms with van der Waals surface area (Å²) in [6.07, 6.45) is 0. The Morgan fingerprint density at radius 3 is 2.15 bits per heavy atom. The van der Waals surface area contributed by atoms with Crippen LogP contribution in [0.1, 0.15) is 15.9 Å². The van der Waals surface area contributed by atoms with Gasteiger partial charge >= 0.3 is 0 Å². The summed E-state index contributed by atoms with van der Waals surface area (Å²) in [7, 11) is -2.39. The van der Waals surface area contributed by atoms with Crippen LogP contribution in [-0.4, -0.2) is 33.9 Å². The van der Waals surface area contributed by atoms with Gasteiger partial charge in [0, 0.05) is 5.56 Å². The fourth-order valence-corrected chi connectivity index (χ4v) is 2.93. The first-order valence-electron chi connectivity index (χ1n) is 7.61. The normalized spacial score (nSPS) is 10.8. The third-order valence-corrected chi connectivity index (χ3v) is 4.84. The largest absolute Gasteiger partial charge is 0.497 e. The van der Waals surface area contributed by atoms with Crippen LogP contribution in [0.3, 0.4) is 0 Å². The second kappa shape index (κ2) is 8.45. The Balaban J connectivity index is 1.85. The van der Waals surface area contributed by atoms with Crippen molar-refractivity contribution in [1.29, 1.82) is 0 Å². The number of rotatable bonds is 6. The van der Waals surface area contributed by atoms with Crippen molar-refractivity contribution in [3.05, 3.63) is 59.7 Å². The maximum atomic E-state index is 12.1. The van der Waals surface area contributed by atoms with Crippen LogP contribution >= 0.6 is 0 Å². The molecule has 0 heterocycles. The van der Waals surface area contributed by atoms with Crippen LogP contribution in [-0.2, 0) is 14.8 Å². The van der Waals surface area contributed by atoms with E-state index in [0.29, 0.717) is 11.3 Å².